The molecule has 1 aromatic heterocycles. The van der Waals surface area contributed by atoms with E-state index < -0.39 is 0 Å². The largest absolute Gasteiger partial charge is 0.496 e. The van der Waals surface area contributed by atoms with E-state index >= 15 is 4.39 Å². The number of halogens is 1. The number of carbonyl (C=O) groups is 1. The van der Waals surface area contributed by atoms with Crippen molar-refractivity contribution in [3.63, 3.8) is 0 Å². The number of amides is 1. The van der Waals surface area contributed by atoms with Crippen LogP contribution in [0.3, 0.4) is 0 Å². The molecular weight excluding hydrogens is 483 g/mol. The van der Waals surface area contributed by atoms with Crippen LogP contribution in [-0.4, -0.2) is 36.3 Å². The van der Waals surface area contributed by atoms with E-state index in [0.29, 0.717) is 34.7 Å². The Kier molecular flexibility index (Phi) is 8.35. The summed E-state index contributed by atoms with van der Waals surface area (Å²) in [6, 6.07) is 18.1. The van der Waals surface area contributed by atoms with Crippen LogP contribution in [0.5, 0.6) is 5.75 Å². The van der Waals surface area contributed by atoms with E-state index in [1.54, 1.807) is 6.07 Å². The van der Waals surface area contributed by atoms with Gasteiger partial charge in [0.15, 0.2) is 0 Å². The first kappa shape index (κ1) is 26.8. The van der Waals surface area contributed by atoms with Crippen LogP contribution in [-0.2, 0) is 6.54 Å². The van der Waals surface area contributed by atoms with Gasteiger partial charge in [-0.05, 0) is 77.6 Å². The molecule has 0 aliphatic carbocycles. The second-order valence-corrected chi connectivity index (χ2v) is 8.92. The zero-order chi connectivity index (χ0) is 27.2. The van der Waals surface area contributed by atoms with E-state index in [4.69, 9.17) is 15.6 Å². The molecule has 0 fully saturated rings. The van der Waals surface area contributed by atoms with Crippen LogP contribution in [0.4, 0.5) is 15.9 Å². The van der Waals surface area contributed by atoms with Crippen molar-refractivity contribution in [1.29, 1.82) is 0 Å². The van der Waals surface area contributed by atoms with Gasteiger partial charge >= 0.3 is 0 Å². The number of nitrogens with zero attached hydrogens (tertiary/aromatic N) is 1. The fraction of sp³-hybridized carbons (Fsp3) is 0.200. The Morgan fingerprint density at radius 2 is 1.74 bits per heavy atom. The summed E-state index contributed by atoms with van der Waals surface area (Å²) in [5, 5.41) is 15.0. The van der Waals surface area contributed by atoms with Crippen LogP contribution in [0.25, 0.3) is 22.3 Å². The van der Waals surface area contributed by atoms with Crippen LogP contribution in [0.15, 0.2) is 66.9 Å². The molecule has 196 valence electrons. The number of nitrogen functional groups attached to an aromatic ring is 1. The quantitative estimate of drug-likeness (QED) is 0.232. The van der Waals surface area contributed by atoms with Crippen molar-refractivity contribution in [3.8, 4) is 28.0 Å². The summed E-state index contributed by atoms with van der Waals surface area (Å²) >= 11 is 0. The lowest BCUT2D eigenvalue weighted by atomic mass is 9.90. The number of aromatic nitrogens is 1. The summed E-state index contributed by atoms with van der Waals surface area (Å²) < 4.78 is 20.6. The lowest BCUT2D eigenvalue weighted by molar-refractivity contribution is 0.102. The van der Waals surface area contributed by atoms with Crippen molar-refractivity contribution in [2.45, 2.75) is 20.4 Å². The van der Waals surface area contributed by atoms with Gasteiger partial charge in [0.05, 0.1) is 13.7 Å². The number of aliphatic hydroxyl groups excluding tert-OH is 1. The minimum absolute atomic E-state index is 0.0311. The molecule has 0 spiro atoms. The lowest BCUT2D eigenvalue weighted by Crippen LogP contribution is -2.18. The number of nitrogens with two attached hydrogens (primary N) is 1. The Bertz CT molecular complexity index is 1470. The zero-order valence-corrected chi connectivity index (χ0v) is 21.6. The van der Waals surface area contributed by atoms with Gasteiger partial charge in [0.25, 0.3) is 5.91 Å². The van der Waals surface area contributed by atoms with E-state index in [-0.39, 0.29) is 30.7 Å². The molecule has 5 N–H and O–H groups in total. The number of pyridine rings is 1. The van der Waals surface area contributed by atoms with Crippen LogP contribution in [0.1, 0.15) is 27.0 Å². The number of carbonyl (C=O) groups excluding carboxylic acids is 1. The van der Waals surface area contributed by atoms with E-state index in [2.05, 4.69) is 15.6 Å². The lowest BCUT2D eigenvalue weighted by Gasteiger charge is -2.18. The number of rotatable bonds is 9. The summed E-state index contributed by atoms with van der Waals surface area (Å²) in [5.74, 6) is 0.0548. The fourth-order valence-electron chi connectivity index (χ4n) is 4.50. The highest BCUT2D eigenvalue weighted by atomic mass is 19.1. The maximum Gasteiger partial charge on any atom is 0.255 e. The second kappa shape index (κ2) is 11.9. The van der Waals surface area contributed by atoms with Gasteiger partial charge in [-0.1, -0.05) is 30.3 Å². The highest BCUT2D eigenvalue weighted by molar-refractivity contribution is 6.05. The van der Waals surface area contributed by atoms with Crippen LogP contribution < -0.4 is 21.1 Å². The number of ether oxygens (including phenoxy) is 1. The first-order valence-electron chi connectivity index (χ1n) is 12.2. The number of aliphatic hydroxyl groups is 1. The Hall–Kier alpha value is -4.27. The van der Waals surface area contributed by atoms with Gasteiger partial charge in [0.2, 0.25) is 0 Å². The van der Waals surface area contributed by atoms with Crippen LogP contribution >= 0.6 is 0 Å². The summed E-state index contributed by atoms with van der Waals surface area (Å²) in [5.41, 5.74) is 12.6. The Labute approximate surface area is 221 Å². The van der Waals surface area contributed by atoms with Crippen LogP contribution in [0.2, 0.25) is 0 Å². The Morgan fingerprint density at radius 3 is 2.45 bits per heavy atom. The van der Waals surface area contributed by atoms with Gasteiger partial charge in [-0.15, -0.1) is 0 Å². The van der Waals surface area contributed by atoms with Gasteiger partial charge < -0.3 is 26.2 Å². The predicted octanol–water partition coefficient (Wildman–Crippen LogP) is 5.10. The molecule has 8 heteroatoms. The third kappa shape index (κ3) is 5.66. The van der Waals surface area contributed by atoms with Gasteiger partial charge in [-0.25, -0.2) is 9.37 Å². The number of hydrogen-bond donors (Lipinski definition) is 4. The standard InChI is InChI=1S/C30H31FN4O3/c1-18-22(21-14-26(31)25(17-33-12-13-36)28(15-21)38-3)6-4-7-23(18)24-8-5-9-27(19(24)2)35-30(37)20-10-11-34-29(32)16-20/h4-11,14-16,33,36H,12-13,17H2,1-3H3,(H2,32,34)(H,35,37). The van der Waals surface area contributed by atoms with Crippen molar-refractivity contribution in [3.05, 3.63) is 94.9 Å². The molecule has 38 heavy (non-hydrogen) atoms. The number of anilines is 2. The minimum atomic E-state index is -0.382. The second-order valence-electron chi connectivity index (χ2n) is 8.92. The van der Waals surface area contributed by atoms with E-state index in [9.17, 15) is 4.79 Å². The monoisotopic (exact) mass is 514 g/mol. The SMILES string of the molecule is COc1cc(-c2cccc(-c3cccc(NC(=O)c4ccnc(N)c4)c3C)c2C)cc(F)c1CNCCO. The fourth-order valence-corrected chi connectivity index (χ4v) is 4.50. The van der Waals surface area contributed by atoms with Crippen molar-refractivity contribution < 1.29 is 19.0 Å². The third-order valence-corrected chi connectivity index (χ3v) is 6.53. The number of hydrogen-bond acceptors (Lipinski definition) is 6. The van der Waals surface area contributed by atoms with Gasteiger partial charge in [0.1, 0.15) is 17.4 Å². The maximum absolute atomic E-state index is 15.1. The molecule has 0 saturated heterocycles. The molecule has 1 heterocycles. The summed E-state index contributed by atoms with van der Waals surface area (Å²) in [4.78, 5) is 16.8. The first-order valence-corrected chi connectivity index (χ1v) is 12.2. The highest BCUT2D eigenvalue weighted by Crippen LogP contribution is 2.37. The number of methoxy groups -OCH3 is 1. The molecule has 0 bridgehead atoms. The van der Waals surface area contributed by atoms with E-state index in [0.717, 1.165) is 27.8 Å². The summed E-state index contributed by atoms with van der Waals surface area (Å²) in [6.45, 7) is 4.53. The summed E-state index contributed by atoms with van der Waals surface area (Å²) in [7, 11) is 1.51. The molecule has 0 aliphatic heterocycles. The predicted molar refractivity (Wildman–Crippen MR) is 149 cm³/mol. The average molecular weight is 515 g/mol. The van der Waals surface area contributed by atoms with Crippen LogP contribution in [0, 0.1) is 19.7 Å². The topological polar surface area (TPSA) is 110 Å². The molecule has 7 nitrogen and oxygen atoms in total. The Morgan fingerprint density at radius 1 is 1.03 bits per heavy atom. The summed E-state index contributed by atoms with van der Waals surface area (Å²) in [6.07, 6.45) is 1.50. The molecule has 4 aromatic rings. The van der Waals surface area contributed by atoms with Gasteiger partial charge in [-0.2, -0.15) is 0 Å². The molecule has 0 unspecified atom stereocenters. The molecule has 1 amide bonds. The molecule has 0 atom stereocenters. The molecule has 0 saturated carbocycles. The van der Waals surface area contributed by atoms with Crippen molar-refractivity contribution in [1.82, 2.24) is 10.3 Å². The molecule has 4 rings (SSSR count). The average Bonchev–Trinajstić information content (AvgIpc) is 2.91. The molecule has 0 radical (unpaired) electrons. The van der Waals surface area contributed by atoms with E-state index in [1.165, 1.54) is 25.4 Å². The highest BCUT2D eigenvalue weighted by Gasteiger charge is 2.17. The van der Waals surface area contributed by atoms with Gasteiger partial charge in [0, 0.05) is 36.1 Å². The van der Waals surface area contributed by atoms with Gasteiger partial charge in [-0.3, -0.25) is 4.79 Å². The normalized spacial score (nSPS) is 10.9. The third-order valence-electron chi connectivity index (χ3n) is 6.53. The Balaban J connectivity index is 1.69. The minimum Gasteiger partial charge on any atom is -0.496 e. The van der Waals surface area contributed by atoms with Crippen molar-refractivity contribution >= 4 is 17.4 Å². The smallest absolute Gasteiger partial charge is 0.255 e. The number of nitrogens with one attached hydrogen (secondary N) is 2. The first-order chi connectivity index (χ1) is 18.3. The van der Waals surface area contributed by atoms with E-state index in [1.807, 2.05) is 56.3 Å². The molecular formula is C30H31FN4O3. The number of benzene rings is 3. The zero-order valence-electron chi connectivity index (χ0n) is 21.6. The molecule has 0 aliphatic rings. The maximum atomic E-state index is 15.1. The van der Waals surface area contributed by atoms with Crippen molar-refractivity contribution in [2.75, 3.05) is 31.3 Å². The van der Waals surface area contributed by atoms with Crippen molar-refractivity contribution in [2.24, 2.45) is 0 Å². The molecule has 3 aromatic carbocycles.